The van der Waals surface area contributed by atoms with Crippen molar-refractivity contribution in [2.45, 2.75) is 6.92 Å². The lowest BCUT2D eigenvalue weighted by molar-refractivity contribution is 0.654. The fourth-order valence-corrected chi connectivity index (χ4v) is 3.28. The number of hydrogen-bond acceptors (Lipinski definition) is 4. The molecule has 0 radical (unpaired) electrons. The van der Waals surface area contributed by atoms with E-state index < -0.39 is 0 Å². The fourth-order valence-electron chi connectivity index (χ4n) is 3.28. The Morgan fingerprint density at radius 3 is 2.35 bits per heavy atom. The number of hydrogen-bond donors (Lipinski definition) is 0. The van der Waals surface area contributed by atoms with Crippen LogP contribution in [0.25, 0.3) is 10.9 Å². The standard InChI is InChI=1S/C19H20N4/c1-15-2-3-18-17(14-15)19(6-9-21-18)23-12-10-22(11-13-23)16-4-7-20-8-5-16/h2-9,14H,10-13H2,1H3. The molecular weight excluding hydrogens is 284 g/mol. The first-order chi connectivity index (χ1) is 11.3. The number of anilines is 2. The zero-order valence-electron chi connectivity index (χ0n) is 13.3. The van der Waals surface area contributed by atoms with Crippen LogP contribution in [0.3, 0.4) is 0 Å². The minimum absolute atomic E-state index is 1.02. The molecule has 1 fully saturated rings. The van der Waals surface area contributed by atoms with Gasteiger partial charge in [0.25, 0.3) is 0 Å². The molecule has 23 heavy (non-hydrogen) atoms. The maximum absolute atomic E-state index is 4.50. The average Bonchev–Trinajstić information content (AvgIpc) is 2.62. The van der Waals surface area contributed by atoms with E-state index in [0.717, 1.165) is 31.7 Å². The summed E-state index contributed by atoms with van der Waals surface area (Å²) in [6, 6.07) is 12.8. The summed E-state index contributed by atoms with van der Waals surface area (Å²) in [5.41, 5.74) is 4.91. The molecule has 0 spiro atoms. The number of piperazine rings is 1. The number of nitrogens with zero attached hydrogens (tertiary/aromatic N) is 4. The van der Waals surface area contributed by atoms with Crippen molar-refractivity contribution >= 4 is 22.3 Å². The average molecular weight is 304 g/mol. The topological polar surface area (TPSA) is 32.3 Å². The molecule has 0 amide bonds. The molecule has 4 rings (SSSR count). The smallest absolute Gasteiger partial charge is 0.0722 e. The van der Waals surface area contributed by atoms with Crippen molar-refractivity contribution in [3.8, 4) is 0 Å². The second kappa shape index (κ2) is 5.88. The summed E-state index contributed by atoms with van der Waals surface area (Å²) in [7, 11) is 0. The first-order valence-electron chi connectivity index (χ1n) is 8.06. The highest BCUT2D eigenvalue weighted by atomic mass is 15.3. The maximum Gasteiger partial charge on any atom is 0.0722 e. The molecule has 0 aliphatic carbocycles. The largest absolute Gasteiger partial charge is 0.368 e. The summed E-state index contributed by atoms with van der Waals surface area (Å²) in [4.78, 5) is 13.5. The minimum Gasteiger partial charge on any atom is -0.368 e. The van der Waals surface area contributed by atoms with Gasteiger partial charge in [-0.15, -0.1) is 0 Å². The summed E-state index contributed by atoms with van der Waals surface area (Å²) in [6.07, 6.45) is 5.64. The molecule has 1 saturated heterocycles. The van der Waals surface area contributed by atoms with Crippen LogP contribution in [-0.2, 0) is 0 Å². The third kappa shape index (κ3) is 2.72. The molecule has 116 valence electrons. The van der Waals surface area contributed by atoms with Crippen molar-refractivity contribution in [2.75, 3.05) is 36.0 Å². The molecular formula is C19H20N4. The van der Waals surface area contributed by atoms with E-state index in [1.54, 1.807) is 0 Å². The normalized spacial score (nSPS) is 15.2. The van der Waals surface area contributed by atoms with Crippen LogP contribution in [0.2, 0.25) is 0 Å². The Hall–Kier alpha value is -2.62. The molecule has 1 aliphatic rings. The van der Waals surface area contributed by atoms with E-state index in [-0.39, 0.29) is 0 Å². The van der Waals surface area contributed by atoms with Crippen molar-refractivity contribution in [3.63, 3.8) is 0 Å². The molecule has 1 aromatic carbocycles. The molecule has 0 saturated carbocycles. The number of rotatable bonds is 2. The second-order valence-electron chi connectivity index (χ2n) is 6.03. The van der Waals surface area contributed by atoms with Crippen molar-refractivity contribution in [3.05, 3.63) is 60.6 Å². The van der Waals surface area contributed by atoms with E-state index >= 15 is 0 Å². The molecule has 1 aliphatic heterocycles. The highest BCUT2D eigenvalue weighted by Gasteiger charge is 2.19. The third-order valence-corrected chi connectivity index (χ3v) is 4.52. The fraction of sp³-hybridized carbons (Fsp3) is 0.263. The van der Waals surface area contributed by atoms with Gasteiger partial charge in [0, 0.05) is 61.5 Å². The summed E-state index contributed by atoms with van der Waals surface area (Å²) >= 11 is 0. The van der Waals surface area contributed by atoms with Gasteiger partial charge < -0.3 is 9.80 Å². The Labute approximate surface area is 136 Å². The molecule has 4 nitrogen and oxygen atoms in total. The van der Waals surface area contributed by atoms with Crippen LogP contribution in [0, 0.1) is 6.92 Å². The van der Waals surface area contributed by atoms with E-state index in [4.69, 9.17) is 0 Å². The van der Waals surface area contributed by atoms with Gasteiger partial charge in [0.2, 0.25) is 0 Å². The van der Waals surface area contributed by atoms with Crippen LogP contribution in [0.5, 0.6) is 0 Å². The van der Waals surface area contributed by atoms with Crippen molar-refractivity contribution in [2.24, 2.45) is 0 Å². The maximum atomic E-state index is 4.50. The molecule has 0 N–H and O–H groups in total. The zero-order chi connectivity index (χ0) is 15.6. The lowest BCUT2D eigenvalue weighted by Crippen LogP contribution is -2.46. The number of benzene rings is 1. The highest BCUT2D eigenvalue weighted by Crippen LogP contribution is 2.27. The predicted molar refractivity (Wildman–Crippen MR) is 95.1 cm³/mol. The highest BCUT2D eigenvalue weighted by molar-refractivity contribution is 5.92. The van der Waals surface area contributed by atoms with Crippen LogP contribution in [0.4, 0.5) is 11.4 Å². The molecule has 0 bridgehead atoms. The molecule has 0 unspecified atom stereocenters. The van der Waals surface area contributed by atoms with Crippen LogP contribution in [-0.4, -0.2) is 36.1 Å². The van der Waals surface area contributed by atoms with E-state index in [9.17, 15) is 0 Å². The summed E-state index contributed by atoms with van der Waals surface area (Å²) in [5, 5.41) is 1.25. The van der Waals surface area contributed by atoms with Gasteiger partial charge in [-0.2, -0.15) is 0 Å². The summed E-state index contributed by atoms with van der Waals surface area (Å²) in [6.45, 7) is 6.24. The van der Waals surface area contributed by atoms with Gasteiger partial charge in [-0.1, -0.05) is 11.6 Å². The van der Waals surface area contributed by atoms with Crippen molar-refractivity contribution in [1.82, 2.24) is 9.97 Å². The first kappa shape index (κ1) is 14.0. The monoisotopic (exact) mass is 304 g/mol. The SMILES string of the molecule is Cc1ccc2nccc(N3CCN(c4ccncc4)CC3)c2c1. The van der Waals surface area contributed by atoms with E-state index in [1.807, 2.05) is 18.6 Å². The Kier molecular flexibility index (Phi) is 3.58. The van der Waals surface area contributed by atoms with Crippen molar-refractivity contribution in [1.29, 1.82) is 0 Å². The Bertz CT molecular complexity index is 808. The zero-order valence-corrected chi connectivity index (χ0v) is 13.3. The Morgan fingerprint density at radius 2 is 1.57 bits per heavy atom. The van der Waals surface area contributed by atoms with Gasteiger partial charge in [0.05, 0.1) is 5.52 Å². The summed E-state index contributed by atoms with van der Waals surface area (Å²) < 4.78 is 0. The van der Waals surface area contributed by atoms with Gasteiger partial charge in [-0.3, -0.25) is 9.97 Å². The Balaban J connectivity index is 1.58. The molecule has 3 aromatic rings. The van der Waals surface area contributed by atoms with Crippen LogP contribution < -0.4 is 9.80 Å². The predicted octanol–water partition coefficient (Wildman–Crippen LogP) is 3.26. The van der Waals surface area contributed by atoms with Crippen LogP contribution >= 0.6 is 0 Å². The molecule has 2 aromatic heterocycles. The minimum atomic E-state index is 1.02. The van der Waals surface area contributed by atoms with Crippen LogP contribution in [0.15, 0.2) is 55.0 Å². The third-order valence-electron chi connectivity index (χ3n) is 4.52. The van der Waals surface area contributed by atoms with E-state index in [2.05, 4.69) is 63.1 Å². The Morgan fingerprint density at radius 1 is 0.826 bits per heavy atom. The van der Waals surface area contributed by atoms with Gasteiger partial charge in [0.1, 0.15) is 0 Å². The number of fused-ring (bicyclic) bond motifs is 1. The van der Waals surface area contributed by atoms with Gasteiger partial charge in [-0.05, 0) is 37.3 Å². The summed E-state index contributed by atoms with van der Waals surface area (Å²) in [5.74, 6) is 0. The van der Waals surface area contributed by atoms with Gasteiger partial charge >= 0.3 is 0 Å². The second-order valence-corrected chi connectivity index (χ2v) is 6.03. The lowest BCUT2D eigenvalue weighted by Gasteiger charge is -2.37. The molecule has 3 heterocycles. The lowest BCUT2D eigenvalue weighted by atomic mass is 10.1. The first-order valence-corrected chi connectivity index (χ1v) is 8.06. The van der Waals surface area contributed by atoms with Gasteiger partial charge in [-0.25, -0.2) is 0 Å². The molecule has 4 heteroatoms. The van der Waals surface area contributed by atoms with E-state index in [0.29, 0.717) is 0 Å². The number of aryl methyl sites for hydroxylation is 1. The van der Waals surface area contributed by atoms with E-state index in [1.165, 1.54) is 22.3 Å². The van der Waals surface area contributed by atoms with Crippen molar-refractivity contribution < 1.29 is 0 Å². The molecule has 0 atom stereocenters. The number of aromatic nitrogens is 2. The van der Waals surface area contributed by atoms with Crippen LogP contribution in [0.1, 0.15) is 5.56 Å². The van der Waals surface area contributed by atoms with Gasteiger partial charge in [0.15, 0.2) is 0 Å². The quantitative estimate of drug-likeness (QED) is 0.727. The number of pyridine rings is 2.